The van der Waals surface area contributed by atoms with Crippen LogP contribution in [-0.4, -0.2) is 30.9 Å². The van der Waals surface area contributed by atoms with Gasteiger partial charge in [0.1, 0.15) is 0 Å². The van der Waals surface area contributed by atoms with E-state index < -0.39 is 0 Å². The highest BCUT2D eigenvalue weighted by Gasteiger charge is 2.27. The van der Waals surface area contributed by atoms with Crippen LogP contribution in [0.4, 0.5) is 5.69 Å². The van der Waals surface area contributed by atoms with Gasteiger partial charge in [-0.15, -0.1) is 0 Å². The zero-order chi connectivity index (χ0) is 13.8. The van der Waals surface area contributed by atoms with E-state index in [0.29, 0.717) is 5.92 Å². The van der Waals surface area contributed by atoms with Gasteiger partial charge in [-0.05, 0) is 43.4 Å². The molecule has 3 nitrogen and oxygen atoms in total. The smallest absolute Gasteiger partial charge is 0.255 e. The topological polar surface area (TPSA) is 32.3 Å². The Hall–Kier alpha value is -1.51. The summed E-state index contributed by atoms with van der Waals surface area (Å²) in [6, 6.07) is 5.98. The first-order valence-electron chi connectivity index (χ1n) is 7.23. The molecule has 1 heterocycles. The molecule has 1 atom stereocenters. The molecule has 0 spiro atoms. The molecule has 1 fully saturated rings. The molecule has 1 aromatic carbocycles. The third-order valence-corrected chi connectivity index (χ3v) is 3.94. The fraction of sp³-hybridized carbons (Fsp3) is 0.562. The normalized spacial score (nSPS) is 18.7. The Balaban J connectivity index is 2.12. The van der Waals surface area contributed by atoms with Crippen LogP contribution in [0.15, 0.2) is 18.2 Å². The zero-order valence-electron chi connectivity index (χ0n) is 12.2. The molecule has 19 heavy (non-hydrogen) atoms. The summed E-state index contributed by atoms with van der Waals surface area (Å²) in [4.78, 5) is 14.6. The minimum atomic E-state index is 0.169. The Morgan fingerprint density at radius 2 is 2.26 bits per heavy atom. The van der Waals surface area contributed by atoms with Gasteiger partial charge in [-0.3, -0.25) is 4.79 Å². The Kier molecular flexibility index (Phi) is 4.46. The van der Waals surface area contributed by atoms with Gasteiger partial charge in [0.15, 0.2) is 0 Å². The van der Waals surface area contributed by atoms with Crippen LogP contribution in [0.1, 0.15) is 42.1 Å². The summed E-state index contributed by atoms with van der Waals surface area (Å²) in [5.41, 5.74) is 2.90. The molecule has 1 aliphatic rings. The van der Waals surface area contributed by atoms with Crippen molar-refractivity contribution in [2.75, 3.05) is 25.5 Å². The molecular weight excluding hydrogens is 236 g/mol. The maximum absolute atomic E-state index is 12.6. The second-order valence-corrected chi connectivity index (χ2v) is 5.49. The minimum absolute atomic E-state index is 0.169. The molecule has 0 saturated carbocycles. The van der Waals surface area contributed by atoms with Gasteiger partial charge in [-0.1, -0.05) is 19.4 Å². The molecule has 0 bridgehead atoms. The number of carbonyl (C=O) groups is 1. The van der Waals surface area contributed by atoms with Crippen LogP contribution in [0.3, 0.4) is 0 Å². The van der Waals surface area contributed by atoms with E-state index in [-0.39, 0.29) is 5.91 Å². The van der Waals surface area contributed by atoms with Gasteiger partial charge in [0.2, 0.25) is 0 Å². The van der Waals surface area contributed by atoms with Gasteiger partial charge in [0.25, 0.3) is 5.91 Å². The lowest BCUT2D eigenvalue weighted by atomic mass is 10.0. The van der Waals surface area contributed by atoms with Crippen molar-refractivity contribution in [1.82, 2.24) is 4.90 Å². The highest BCUT2D eigenvalue weighted by molar-refractivity contribution is 5.99. The average molecular weight is 260 g/mol. The number of likely N-dealkylation sites (tertiary alicyclic amines) is 1. The van der Waals surface area contributed by atoms with Crippen molar-refractivity contribution in [2.24, 2.45) is 5.92 Å². The summed E-state index contributed by atoms with van der Waals surface area (Å²) in [5.74, 6) is 0.861. The summed E-state index contributed by atoms with van der Waals surface area (Å²) < 4.78 is 0. The Bertz CT molecular complexity index is 456. The molecule has 1 unspecified atom stereocenters. The van der Waals surface area contributed by atoms with Crippen LogP contribution in [0.2, 0.25) is 0 Å². The number of nitrogens with zero attached hydrogens (tertiary/aromatic N) is 1. The number of benzene rings is 1. The van der Waals surface area contributed by atoms with Gasteiger partial charge in [-0.2, -0.15) is 0 Å². The predicted molar refractivity (Wildman–Crippen MR) is 79.6 cm³/mol. The third-order valence-electron chi connectivity index (χ3n) is 3.94. The van der Waals surface area contributed by atoms with Crippen LogP contribution in [0, 0.1) is 12.8 Å². The minimum Gasteiger partial charge on any atom is -0.387 e. The van der Waals surface area contributed by atoms with Crippen LogP contribution in [0.5, 0.6) is 0 Å². The van der Waals surface area contributed by atoms with Crippen molar-refractivity contribution >= 4 is 11.6 Å². The zero-order valence-corrected chi connectivity index (χ0v) is 12.2. The second kappa shape index (κ2) is 6.09. The van der Waals surface area contributed by atoms with Crippen LogP contribution < -0.4 is 5.32 Å². The van der Waals surface area contributed by atoms with E-state index in [2.05, 4.69) is 12.2 Å². The molecule has 1 aliphatic heterocycles. The SMILES string of the molecule is CCCC1CCN(C(=O)c2ccc(C)cc2NC)C1. The fourth-order valence-electron chi connectivity index (χ4n) is 2.88. The number of carbonyl (C=O) groups excluding carboxylic acids is 1. The van der Waals surface area contributed by atoms with Crippen LogP contribution >= 0.6 is 0 Å². The Labute approximate surface area is 116 Å². The van der Waals surface area contributed by atoms with Gasteiger partial charge in [0.05, 0.1) is 5.56 Å². The quantitative estimate of drug-likeness (QED) is 0.901. The van der Waals surface area contributed by atoms with Gasteiger partial charge < -0.3 is 10.2 Å². The number of rotatable bonds is 4. The predicted octanol–water partition coefficient (Wildman–Crippen LogP) is 3.30. The van der Waals surface area contributed by atoms with Crippen molar-refractivity contribution in [1.29, 1.82) is 0 Å². The van der Waals surface area contributed by atoms with Crippen LogP contribution in [-0.2, 0) is 0 Å². The number of amides is 1. The summed E-state index contributed by atoms with van der Waals surface area (Å²) in [5, 5.41) is 3.13. The van der Waals surface area contributed by atoms with E-state index in [1.165, 1.54) is 18.4 Å². The summed E-state index contributed by atoms with van der Waals surface area (Å²) in [6.07, 6.45) is 3.59. The molecule has 2 rings (SSSR count). The lowest BCUT2D eigenvalue weighted by Gasteiger charge is -2.19. The maximum Gasteiger partial charge on any atom is 0.255 e. The fourth-order valence-corrected chi connectivity index (χ4v) is 2.88. The molecule has 104 valence electrons. The first-order chi connectivity index (χ1) is 9.15. The van der Waals surface area contributed by atoms with E-state index in [1.54, 1.807) is 0 Å². The number of anilines is 1. The lowest BCUT2D eigenvalue weighted by Crippen LogP contribution is -2.29. The number of hydrogen-bond acceptors (Lipinski definition) is 2. The first-order valence-corrected chi connectivity index (χ1v) is 7.23. The van der Waals surface area contributed by atoms with E-state index in [1.807, 2.05) is 37.1 Å². The standard InChI is InChI=1S/C16H24N2O/c1-4-5-13-8-9-18(11-13)16(19)14-7-6-12(2)10-15(14)17-3/h6-7,10,13,17H,4-5,8-9,11H2,1-3H3. The number of aryl methyl sites for hydroxylation is 1. The number of hydrogen-bond donors (Lipinski definition) is 1. The summed E-state index contributed by atoms with van der Waals surface area (Å²) in [7, 11) is 1.87. The lowest BCUT2D eigenvalue weighted by molar-refractivity contribution is 0.0787. The van der Waals surface area contributed by atoms with E-state index in [9.17, 15) is 4.79 Å². The van der Waals surface area contributed by atoms with Gasteiger partial charge >= 0.3 is 0 Å². The Morgan fingerprint density at radius 3 is 2.95 bits per heavy atom. The molecule has 1 amide bonds. The van der Waals surface area contributed by atoms with Gasteiger partial charge in [0, 0.05) is 25.8 Å². The second-order valence-electron chi connectivity index (χ2n) is 5.49. The number of nitrogens with one attached hydrogen (secondary N) is 1. The molecule has 1 aromatic rings. The highest BCUT2D eigenvalue weighted by atomic mass is 16.2. The van der Waals surface area contributed by atoms with Crippen LogP contribution in [0.25, 0.3) is 0 Å². The first kappa shape index (κ1) is 13.9. The van der Waals surface area contributed by atoms with Crippen molar-refractivity contribution < 1.29 is 4.79 Å². The van der Waals surface area contributed by atoms with E-state index in [0.717, 1.165) is 30.8 Å². The maximum atomic E-state index is 12.6. The third kappa shape index (κ3) is 3.09. The van der Waals surface area contributed by atoms with Crippen molar-refractivity contribution in [2.45, 2.75) is 33.1 Å². The molecule has 1 N–H and O–H groups in total. The van der Waals surface area contributed by atoms with Crippen molar-refractivity contribution in [3.05, 3.63) is 29.3 Å². The molecule has 1 saturated heterocycles. The average Bonchev–Trinajstić information content (AvgIpc) is 2.87. The van der Waals surface area contributed by atoms with Gasteiger partial charge in [-0.25, -0.2) is 0 Å². The molecule has 0 aromatic heterocycles. The summed E-state index contributed by atoms with van der Waals surface area (Å²) >= 11 is 0. The monoisotopic (exact) mass is 260 g/mol. The van der Waals surface area contributed by atoms with E-state index in [4.69, 9.17) is 0 Å². The largest absolute Gasteiger partial charge is 0.387 e. The molecule has 0 aliphatic carbocycles. The van der Waals surface area contributed by atoms with E-state index >= 15 is 0 Å². The molecular formula is C16H24N2O. The van der Waals surface area contributed by atoms with Crippen molar-refractivity contribution in [3.63, 3.8) is 0 Å². The van der Waals surface area contributed by atoms with Crippen molar-refractivity contribution in [3.8, 4) is 0 Å². The highest BCUT2D eigenvalue weighted by Crippen LogP contribution is 2.25. The molecule has 0 radical (unpaired) electrons. The Morgan fingerprint density at radius 1 is 1.47 bits per heavy atom. The summed E-state index contributed by atoms with van der Waals surface area (Å²) in [6.45, 7) is 6.08. The molecule has 3 heteroatoms.